The highest BCUT2D eigenvalue weighted by atomic mass is 35.5. The Balaban J connectivity index is 2.91. The van der Waals surface area contributed by atoms with Gasteiger partial charge in [0.2, 0.25) is 15.9 Å². The molecular formula is C12H16ClN3O3S2. The van der Waals surface area contributed by atoms with Crippen molar-refractivity contribution >= 4 is 44.7 Å². The molecule has 0 aromatic heterocycles. The predicted octanol–water partition coefficient (Wildman–Crippen LogP) is 0.731. The van der Waals surface area contributed by atoms with Crippen LogP contribution >= 0.6 is 23.8 Å². The summed E-state index contributed by atoms with van der Waals surface area (Å²) in [4.78, 5) is 13.0. The van der Waals surface area contributed by atoms with Crippen LogP contribution in [0, 0.1) is 0 Å². The van der Waals surface area contributed by atoms with Crippen LogP contribution in [0.2, 0.25) is 5.02 Å². The lowest BCUT2D eigenvalue weighted by Crippen LogP contribution is -2.37. The largest absolute Gasteiger partial charge is 0.389 e. The highest BCUT2D eigenvalue weighted by Crippen LogP contribution is 2.20. The van der Waals surface area contributed by atoms with E-state index in [9.17, 15) is 13.2 Å². The Labute approximate surface area is 134 Å². The highest BCUT2D eigenvalue weighted by Gasteiger charge is 2.18. The van der Waals surface area contributed by atoms with Crippen LogP contribution in [0.15, 0.2) is 23.1 Å². The molecule has 1 rings (SSSR count). The van der Waals surface area contributed by atoms with Gasteiger partial charge < -0.3 is 10.6 Å². The van der Waals surface area contributed by atoms with Crippen molar-refractivity contribution in [1.82, 2.24) is 9.62 Å². The van der Waals surface area contributed by atoms with E-state index in [2.05, 4.69) is 4.72 Å². The zero-order valence-electron chi connectivity index (χ0n) is 11.6. The first-order valence-corrected chi connectivity index (χ1v) is 8.29. The van der Waals surface area contributed by atoms with E-state index in [0.29, 0.717) is 12.1 Å². The van der Waals surface area contributed by atoms with Gasteiger partial charge in [0.15, 0.2) is 0 Å². The van der Waals surface area contributed by atoms with Crippen LogP contribution < -0.4 is 10.5 Å². The summed E-state index contributed by atoms with van der Waals surface area (Å²) in [6.45, 7) is 1.97. The van der Waals surface area contributed by atoms with Crippen LogP contribution in [0.5, 0.6) is 0 Å². The maximum atomic E-state index is 12.1. The number of halogens is 1. The second kappa shape index (κ2) is 7.17. The van der Waals surface area contributed by atoms with Crippen molar-refractivity contribution in [2.45, 2.75) is 11.8 Å². The molecular weight excluding hydrogens is 334 g/mol. The van der Waals surface area contributed by atoms with E-state index < -0.39 is 10.0 Å². The number of nitrogens with zero attached hydrogens (tertiary/aromatic N) is 1. The Hall–Kier alpha value is -1.22. The molecule has 1 aromatic rings. The minimum atomic E-state index is -3.83. The van der Waals surface area contributed by atoms with Crippen molar-refractivity contribution in [3.8, 4) is 0 Å². The molecule has 0 heterocycles. The van der Waals surface area contributed by atoms with Gasteiger partial charge in [-0.15, -0.1) is 0 Å². The number of sulfonamides is 1. The van der Waals surface area contributed by atoms with Crippen molar-refractivity contribution in [3.63, 3.8) is 0 Å². The first kappa shape index (κ1) is 17.8. The van der Waals surface area contributed by atoms with Crippen LogP contribution in [-0.4, -0.2) is 44.4 Å². The number of rotatable bonds is 6. The lowest BCUT2D eigenvalue weighted by molar-refractivity contribution is -0.128. The zero-order valence-corrected chi connectivity index (χ0v) is 14.0. The van der Waals surface area contributed by atoms with Crippen LogP contribution in [0.3, 0.4) is 0 Å². The summed E-state index contributed by atoms with van der Waals surface area (Å²) in [6, 6.07) is 4.00. The van der Waals surface area contributed by atoms with Gasteiger partial charge in [-0.05, 0) is 25.1 Å². The number of hydrogen-bond donors (Lipinski definition) is 2. The molecule has 0 unspecified atom stereocenters. The molecule has 3 N–H and O–H groups in total. The number of amides is 1. The van der Waals surface area contributed by atoms with Gasteiger partial charge in [-0.25, -0.2) is 13.1 Å². The maximum Gasteiger partial charge on any atom is 0.241 e. The summed E-state index contributed by atoms with van der Waals surface area (Å²) in [7, 11) is -2.24. The molecule has 0 bridgehead atoms. The first-order valence-electron chi connectivity index (χ1n) is 6.02. The molecule has 0 atom stereocenters. The molecule has 0 aliphatic heterocycles. The molecule has 0 saturated heterocycles. The monoisotopic (exact) mass is 349 g/mol. The molecule has 1 aromatic carbocycles. The van der Waals surface area contributed by atoms with E-state index in [1.54, 1.807) is 14.0 Å². The highest BCUT2D eigenvalue weighted by molar-refractivity contribution is 7.89. The molecule has 0 spiro atoms. The smallest absolute Gasteiger partial charge is 0.241 e. The number of carbonyl (C=O) groups excluding carboxylic acids is 1. The van der Waals surface area contributed by atoms with E-state index in [1.807, 2.05) is 0 Å². The van der Waals surface area contributed by atoms with Gasteiger partial charge in [-0.2, -0.15) is 0 Å². The fourth-order valence-corrected chi connectivity index (χ4v) is 3.00. The van der Waals surface area contributed by atoms with Crippen molar-refractivity contribution in [1.29, 1.82) is 0 Å². The van der Waals surface area contributed by atoms with Crippen LogP contribution in [0.4, 0.5) is 0 Å². The van der Waals surface area contributed by atoms with Crippen molar-refractivity contribution in [2.24, 2.45) is 5.73 Å². The molecule has 0 saturated carbocycles. The Kier molecular flexibility index (Phi) is 6.09. The molecule has 6 nitrogen and oxygen atoms in total. The van der Waals surface area contributed by atoms with E-state index >= 15 is 0 Å². The minimum Gasteiger partial charge on any atom is -0.389 e. The third-order valence-corrected chi connectivity index (χ3v) is 4.76. The van der Waals surface area contributed by atoms with Crippen molar-refractivity contribution < 1.29 is 13.2 Å². The molecule has 0 radical (unpaired) electrons. The summed E-state index contributed by atoms with van der Waals surface area (Å²) in [5.74, 6) is -0.327. The van der Waals surface area contributed by atoms with E-state index in [0.717, 1.165) is 0 Å². The molecule has 0 aliphatic rings. The van der Waals surface area contributed by atoms with Gasteiger partial charge in [0.1, 0.15) is 4.99 Å². The van der Waals surface area contributed by atoms with Gasteiger partial charge in [-0.3, -0.25) is 4.79 Å². The maximum absolute atomic E-state index is 12.1. The summed E-state index contributed by atoms with van der Waals surface area (Å²) in [5.41, 5.74) is 5.85. The normalized spacial score (nSPS) is 11.2. The standard InChI is InChI=1S/C12H16ClN3O3S2/c1-3-16(2)11(17)7-15-21(18,19)8-4-5-9(12(14)20)10(13)6-8/h4-6,15H,3,7H2,1-2H3,(H2,14,20). The van der Waals surface area contributed by atoms with Gasteiger partial charge >= 0.3 is 0 Å². The Morgan fingerprint density at radius 1 is 1.48 bits per heavy atom. The summed E-state index contributed by atoms with van der Waals surface area (Å²) in [5, 5.41) is 0.141. The second-order valence-corrected chi connectivity index (χ2v) is 6.85. The zero-order chi connectivity index (χ0) is 16.2. The first-order chi connectivity index (χ1) is 9.69. The van der Waals surface area contributed by atoms with Crippen LogP contribution in [0.25, 0.3) is 0 Å². The lowest BCUT2D eigenvalue weighted by Gasteiger charge is -2.15. The summed E-state index contributed by atoms with van der Waals surface area (Å²) >= 11 is 10.7. The molecule has 116 valence electrons. The average molecular weight is 350 g/mol. The number of hydrogen-bond acceptors (Lipinski definition) is 4. The topological polar surface area (TPSA) is 92.5 Å². The van der Waals surface area contributed by atoms with E-state index in [1.165, 1.54) is 23.1 Å². The lowest BCUT2D eigenvalue weighted by atomic mass is 10.2. The van der Waals surface area contributed by atoms with Crippen molar-refractivity contribution in [3.05, 3.63) is 28.8 Å². The number of carbonyl (C=O) groups is 1. The molecule has 9 heteroatoms. The fourth-order valence-electron chi connectivity index (χ4n) is 1.41. The third-order valence-electron chi connectivity index (χ3n) is 2.83. The SMILES string of the molecule is CCN(C)C(=O)CNS(=O)(=O)c1ccc(C(N)=S)c(Cl)c1. The van der Waals surface area contributed by atoms with E-state index in [4.69, 9.17) is 29.6 Å². The van der Waals surface area contributed by atoms with Gasteiger partial charge in [-0.1, -0.05) is 23.8 Å². The van der Waals surface area contributed by atoms with Crippen molar-refractivity contribution in [2.75, 3.05) is 20.1 Å². The quantitative estimate of drug-likeness (QED) is 0.739. The second-order valence-electron chi connectivity index (χ2n) is 4.24. The predicted molar refractivity (Wildman–Crippen MR) is 85.8 cm³/mol. The summed E-state index contributed by atoms with van der Waals surface area (Å²) < 4.78 is 26.4. The van der Waals surface area contributed by atoms with Crippen LogP contribution in [-0.2, 0) is 14.8 Å². The number of benzene rings is 1. The Morgan fingerprint density at radius 2 is 2.10 bits per heavy atom. The van der Waals surface area contributed by atoms with E-state index in [-0.39, 0.29) is 27.4 Å². The number of nitrogens with two attached hydrogens (primary N) is 1. The molecule has 0 aliphatic carbocycles. The molecule has 0 fully saturated rings. The van der Waals surface area contributed by atoms with Gasteiger partial charge in [0, 0.05) is 19.2 Å². The summed E-state index contributed by atoms with van der Waals surface area (Å²) in [6.07, 6.45) is 0. The average Bonchev–Trinajstić information content (AvgIpc) is 2.43. The number of likely N-dealkylation sites (N-methyl/N-ethyl adjacent to an activating group) is 1. The minimum absolute atomic E-state index is 0.0561. The Bertz CT molecular complexity index is 662. The fraction of sp³-hybridized carbons (Fsp3) is 0.333. The number of thiocarbonyl (C=S) groups is 1. The molecule has 1 amide bonds. The van der Waals surface area contributed by atoms with Gasteiger partial charge in [0.05, 0.1) is 16.5 Å². The molecule has 21 heavy (non-hydrogen) atoms. The Morgan fingerprint density at radius 3 is 2.57 bits per heavy atom. The number of nitrogens with one attached hydrogen (secondary N) is 1. The van der Waals surface area contributed by atoms with Gasteiger partial charge in [0.25, 0.3) is 0 Å². The third kappa shape index (κ3) is 4.63. The van der Waals surface area contributed by atoms with Crippen LogP contribution in [0.1, 0.15) is 12.5 Å².